The lowest BCUT2D eigenvalue weighted by molar-refractivity contribution is -0.116. The van der Waals surface area contributed by atoms with Crippen LogP contribution in [0.1, 0.15) is 36.5 Å². The van der Waals surface area contributed by atoms with Gasteiger partial charge in [-0.2, -0.15) is 0 Å². The van der Waals surface area contributed by atoms with E-state index in [1.165, 1.54) is 0 Å². The molecule has 144 valence electrons. The third kappa shape index (κ3) is 7.12. The number of hydrogen-bond donors (Lipinski definition) is 1. The van der Waals surface area contributed by atoms with E-state index in [9.17, 15) is 9.59 Å². The molecule has 1 amide bonds. The van der Waals surface area contributed by atoms with Crippen LogP contribution in [0.25, 0.3) is 0 Å². The number of hydrogen-bond acceptors (Lipinski definition) is 4. The molecule has 0 aliphatic carbocycles. The van der Waals surface area contributed by atoms with E-state index in [-0.39, 0.29) is 11.9 Å². The molecule has 0 atom stereocenters. The van der Waals surface area contributed by atoms with Gasteiger partial charge in [-0.1, -0.05) is 30.1 Å². The molecule has 27 heavy (non-hydrogen) atoms. The van der Waals surface area contributed by atoms with Crippen molar-refractivity contribution in [1.29, 1.82) is 0 Å². The van der Waals surface area contributed by atoms with Crippen LogP contribution in [0, 0.1) is 0 Å². The number of benzene rings is 2. The largest absolute Gasteiger partial charge is 0.492 e. The summed E-state index contributed by atoms with van der Waals surface area (Å²) >= 11 is 11.8. The minimum atomic E-state index is -0.368. The van der Waals surface area contributed by atoms with Gasteiger partial charge in [-0.05, 0) is 55.3 Å². The second-order valence-corrected chi connectivity index (χ2v) is 6.63. The Balaban J connectivity index is 1.73. The standard InChI is InChI=1S/C20H21Cl2NO4/c1-2-11-27-20(25)14-5-8-16(9-6-14)23-19(24)4-3-12-26-18-10-7-15(21)13-17(18)22/h5-10,13H,2-4,11-12H2,1H3,(H,23,24). The molecular formula is C20H21Cl2NO4. The Labute approximate surface area is 168 Å². The molecular weight excluding hydrogens is 389 g/mol. The Morgan fingerprint density at radius 2 is 1.78 bits per heavy atom. The quantitative estimate of drug-likeness (QED) is 0.447. The van der Waals surface area contributed by atoms with Crippen molar-refractivity contribution in [2.75, 3.05) is 18.5 Å². The van der Waals surface area contributed by atoms with Crippen LogP contribution >= 0.6 is 23.2 Å². The number of anilines is 1. The van der Waals surface area contributed by atoms with Crippen LogP contribution in [-0.2, 0) is 9.53 Å². The highest BCUT2D eigenvalue weighted by Gasteiger charge is 2.08. The van der Waals surface area contributed by atoms with E-state index in [0.717, 1.165) is 6.42 Å². The molecule has 0 aliphatic rings. The number of nitrogens with one attached hydrogen (secondary N) is 1. The van der Waals surface area contributed by atoms with Gasteiger partial charge in [0.15, 0.2) is 0 Å². The van der Waals surface area contributed by atoms with Crippen molar-refractivity contribution in [1.82, 2.24) is 0 Å². The van der Waals surface area contributed by atoms with Crippen LogP contribution in [0.5, 0.6) is 5.75 Å². The fourth-order valence-corrected chi connectivity index (χ4v) is 2.66. The summed E-state index contributed by atoms with van der Waals surface area (Å²) in [6, 6.07) is 11.6. The maximum atomic E-state index is 12.0. The summed E-state index contributed by atoms with van der Waals surface area (Å²) in [5.74, 6) is 0.0295. The number of halogens is 2. The molecule has 0 bridgehead atoms. The minimum Gasteiger partial charge on any atom is -0.492 e. The summed E-state index contributed by atoms with van der Waals surface area (Å²) in [6.07, 6.45) is 1.60. The highest BCUT2D eigenvalue weighted by atomic mass is 35.5. The molecule has 2 aromatic rings. The van der Waals surface area contributed by atoms with Crippen molar-refractivity contribution in [3.05, 3.63) is 58.1 Å². The Hall–Kier alpha value is -2.24. The topological polar surface area (TPSA) is 64.6 Å². The Morgan fingerprint density at radius 1 is 1.04 bits per heavy atom. The highest BCUT2D eigenvalue weighted by molar-refractivity contribution is 6.35. The lowest BCUT2D eigenvalue weighted by Crippen LogP contribution is -2.13. The van der Waals surface area contributed by atoms with Crippen LogP contribution in [-0.4, -0.2) is 25.1 Å². The van der Waals surface area contributed by atoms with Gasteiger partial charge in [0.05, 0.1) is 23.8 Å². The zero-order chi connectivity index (χ0) is 19.6. The van der Waals surface area contributed by atoms with Gasteiger partial charge in [0.25, 0.3) is 0 Å². The van der Waals surface area contributed by atoms with E-state index in [1.54, 1.807) is 42.5 Å². The van der Waals surface area contributed by atoms with Crippen molar-refractivity contribution < 1.29 is 19.1 Å². The van der Waals surface area contributed by atoms with Gasteiger partial charge in [0.1, 0.15) is 5.75 Å². The van der Waals surface area contributed by atoms with Crippen LogP contribution in [0.2, 0.25) is 10.0 Å². The van der Waals surface area contributed by atoms with Crippen LogP contribution in [0.3, 0.4) is 0 Å². The zero-order valence-corrected chi connectivity index (χ0v) is 16.5. The Bertz CT molecular complexity index is 778. The molecule has 0 radical (unpaired) electrons. The average molecular weight is 410 g/mol. The minimum absolute atomic E-state index is 0.137. The van der Waals surface area contributed by atoms with E-state index in [4.69, 9.17) is 32.7 Å². The van der Waals surface area contributed by atoms with Crippen LogP contribution < -0.4 is 10.1 Å². The molecule has 0 aromatic heterocycles. The van der Waals surface area contributed by atoms with E-state index in [2.05, 4.69) is 5.32 Å². The third-order valence-corrected chi connectivity index (χ3v) is 4.07. The van der Waals surface area contributed by atoms with Gasteiger partial charge < -0.3 is 14.8 Å². The molecule has 5 nitrogen and oxygen atoms in total. The summed E-state index contributed by atoms with van der Waals surface area (Å²) in [5, 5.41) is 3.75. The highest BCUT2D eigenvalue weighted by Crippen LogP contribution is 2.27. The van der Waals surface area contributed by atoms with Crippen molar-refractivity contribution in [3.63, 3.8) is 0 Å². The van der Waals surface area contributed by atoms with Crippen LogP contribution in [0.15, 0.2) is 42.5 Å². The second-order valence-electron chi connectivity index (χ2n) is 5.79. The molecule has 0 spiro atoms. The molecule has 0 saturated heterocycles. The first-order chi connectivity index (χ1) is 13.0. The average Bonchev–Trinajstić information content (AvgIpc) is 2.65. The Morgan fingerprint density at radius 3 is 2.44 bits per heavy atom. The lowest BCUT2D eigenvalue weighted by Gasteiger charge is -2.09. The number of ether oxygens (including phenoxy) is 2. The second kappa shape index (κ2) is 10.8. The molecule has 0 heterocycles. The van der Waals surface area contributed by atoms with Crippen molar-refractivity contribution in [3.8, 4) is 5.75 Å². The van der Waals surface area contributed by atoms with Gasteiger partial charge in [-0.25, -0.2) is 4.79 Å². The normalized spacial score (nSPS) is 10.3. The summed E-state index contributed by atoms with van der Waals surface area (Å²) in [6.45, 7) is 2.68. The smallest absolute Gasteiger partial charge is 0.338 e. The predicted octanol–water partition coefficient (Wildman–Crippen LogP) is 5.36. The molecule has 7 heteroatoms. The third-order valence-electron chi connectivity index (χ3n) is 3.54. The van der Waals surface area contributed by atoms with E-state index < -0.39 is 0 Å². The zero-order valence-electron chi connectivity index (χ0n) is 15.0. The number of amides is 1. The summed E-state index contributed by atoms with van der Waals surface area (Å²) in [7, 11) is 0. The van der Waals surface area contributed by atoms with Gasteiger partial charge in [0.2, 0.25) is 5.91 Å². The SMILES string of the molecule is CCCOC(=O)c1ccc(NC(=O)CCCOc2ccc(Cl)cc2Cl)cc1. The number of carbonyl (C=O) groups excluding carboxylic acids is 2. The summed E-state index contributed by atoms with van der Waals surface area (Å²) in [4.78, 5) is 23.7. The first kappa shape index (κ1) is 21.1. The van der Waals surface area contributed by atoms with Crippen molar-refractivity contribution >= 4 is 40.8 Å². The maximum Gasteiger partial charge on any atom is 0.338 e. The number of carbonyl (C=O) groups is 2. The molecule has 0 saturated carbocycles. The number of rotatable bonds is 9. The van der Waals surface area contributed by atoms with Crippen molar-refractivity contribution in [2.24, 2.45) is 0 Å². The van der Waals surface area contributed by atoms with E-state index in [1.807, 2.05) is 6.92 Å². The Kier molecular flexibility index (Phi) is 8.43. The molecule has 0 aliphatic heterocycles. The van der Waals surface area contributed by atoms with Crippen molar-refractivity contribution in [2.45, 2.75) is 26.2 Å². The molecule has 0 fully saturated rings. The monoisotopic (exact) mass is 409 g/mol. The van der Waals surface area contributed by atoms with E-state index in [0.29, 0.717) is 53.1 Å². The first-order valence-electron chi connectivity index (χ1n) is 8.64. The molecule has 2 aromatic carbocycles. The fraction of sp³-hybridized carbons (Fsp3) is 0.300. The first-order valence-corrected chi connectivity index (χ1v) is 9.40. The molecule has 2 rings (SSSR count). The van der Waals surface area contributed by atoms with Gasteiger partial charge in [0, 0.05) is 17.1 Å². The van der Waals surface area contributed by atoms with Gasteiger partial charge in [-0.3, -0.25) is 4.79 Å². The maximum absolute atomic E-state index is 12.0. The van der Waals surface area contributed by atoms with Gasteiger partial charge >= 0.3 is 5.97 Å². The van der Waals surface area contributed by atoms with Crippen LogP contribution in [0.4, 0.5) is 5.69 Å². The summed E-state index contributed by atoms with van der Waals surface area (Å²) < 4.78 is 10.6. The predicted molar refractivity (Wildman–Crippen MR) is 107 cm³/mol. The fourth-order valence-electron chi connectivity index (χ4n) is 2.20. The van der Waals surface area contributed by atoms with Gasteiger partial charge in [-0.15, -0.1) is 0 Å². The molecule has 1 N–H and O–H groups in total. The lowest BCUT2D eigenvalue weighted by atomic mass is 10.2. The molecule has 0 unspecified atom stereocenters. The number of esters is 1. The summed E-state index contributed by atoms with van der Waals surface area (Å²) in [5.41, 5.74) is 1.07. The van der Waals surface area contributed by atoms with E-state index >= 15 is 0 Å².